The van der Waals surface area contributed by atoms with Gasteiger partial charge in [0.15, 0.2) is 0 Å². The molecule has 1 atom stereocenters. The number of nitrogens with zero attached hydrogens (tertiary/aromatic N) is 1. The lowest BCUT2D eigenvalue weighted by atomic mass is 10.0. The summed E-state index contributed by atoms with van der Waals surface area (Å²) < 4.78 is 26.5. The predicted octanol–water partition coefficient (Wildman–Crippen LogP) is 0.946. The molecule has 1 saturated heterocycles. The number of nitrogens with one attached hydrogen (secondary N) is 1. The molecule has 1 aromatic carbocycles. The van der Waals surface area contributed by atoms with Crippen molar-refractivity contribution in [2.24, 2.45) is 0 Å². The number of anilines is 1. The quantitative estimate of drug-likeness (QED) is 0.863. The molecule has 0 radical (unpaired) electrons. The van der Waals surface area contributed by atoms with Crippen molar-refractivity contribution in [3.8, 4) is 0 Å². The van der Waals surface area contributed by atoms with E-state index < -0.39 is 10.0 Å². The van der Waals surface area contributed by atoms with Gasteiger partial charge in [-0.05, 0) is 38.4 Å². The first-order chi connectivity index (χ1) is 9.10. The summed E-state index contributed by atoms with van der Waals surface area (Å²) in [4.78, 5) is 2.28. The molecule has 1 heterocycles. The zero-order valence-electron chi connectivity index (χ0n) is 11.0. The Balaban J connectivity index is 2.44. The van der Waals surface area contributed by atoms with Crippen molar-refractivity contribution in [1.82, 2.24) is 4.72 Å². The van der Waals surface area contributed by atoms with Gasteiger partial charge in [-0.3, -0.25) is 0 Å². The number of aliphatic hydroxyl groups excluding tert-OH is 1. The highest BCUT2D eigenvalue weighted by atomic mass is 32.2. The summed E-state index contributed by atoms with van der Waals surface area (Å²) in [5.74, 6) is 0. The number of hydrogen-bond donors (Lipinski definition) is 2. The fourth-order valence-corrected chi connectivity index (χ4v) is 3.48. The summed E-state index contributed by atoms with van der Waals surface area (Å²) >= 11 is 0. The van der Waals surface area contributed by atoms with Crippen LogP contribution in [0.4, 0.5) is 5.69 Å². The van der Waals surface area contributed by atoms with Gasteiger partial charge in [-0.1, -0.05) is 12.1 Å². The maximum absolute atomic E-state index is 12.1. The van der Waals surface area contributed by atoms with Gasteiger partial charge in [-0.15, -0.1) is 0 Å². The van der Waals surface area contributed by atoms with E-state index in [4.69, 9.17) is 0 Å². The number of piperidine rings is 1. The van der Waals surface area contributed by atoms with Gasteiger partial charge in [0.1, 0.15) is 4.90 Å². The maximum Gasteiger partial charge on any atom is 0.242 e. The predicted molar refractivity (Wildman–Crippen MR) is 74.8 cm³/mol. The summed E-state index contributed by atoms with van der Waals surface area (Å²) in [7, 11) is -2.07. The minimum absolute atomic E-state index is 0.00181. The van der Waals surface area contributed by atoms with Gasteiger partial charge in [-0.2, -0.15) is 0 Å². The van der Waals surface area contributed by atoms with Crippen LogP contribution in [-0.4, -0.2) is 39.8 Å². The fraction of sp³-hybridized carbons (Fsp3) is 0.538. The molecule has 0 amide bonds. The van der Waals surface area contributed by atoms with Crippen LogP contribution in [0.25, 0.3) is 0 Å². The van der Waals surface area contributed by atoms with E-state index in [0.29, 0.717) is 5.69 Å². The Morgan fingerprint density at radius 2 is 2.11 bits per heavy atom. The smallest absolute Gasteiger partial charge is 0.242 e. The first kappa shape index (κ1) is 14.3. The highest BCUT2D eigenvalue weighted by Crippen LogP contribution is 2.30. The zero-order chi connectivity index (χ0) is 13.9. The van der Waals surface area contributed by atoms with Crippen LogP contribution >= 0.6 is 0 Å². The van der Waals surface area contributed by atoms with Gasteiger partial charge in [-0.25, -0.2) is 13.1 Å². The molecule has 5 nitrogen and oxygen atoms in total. The van der Waals surface area contributed by atoms with Crippen molar-refractivity contribution in [1.29, 1.82) is 0 Å². The summed E-state index contributed by atoms with van der Waals surface area (Å²) in [5.41, 5.74) is 0.676. The molecule has 2 N–H and O–H groups in total. The van der Waals surface area contributed by atoms with Gasteiger partial charge in [0.05, 0.1) is 18.3 Å². The van der Waals surface area contributed by atoms with E-state index in [9.17, 15) is 13.5 Å². The summed E-state index contributed by atoms with van der Waals surface area (Å²) in [5, 5.41) is 9.47. The lowest BCUT2D eigenvalue weighted by Gasteiger charge is -2.37. The van der Waals surface area contributed by atoms with E-state index in [1.54, 1.807) is 18.2 Å². The molecule has 0 spiro atoms. The summed E-state index contributed by atoms with van der Waals surface area (Å²) in [6.07, 6.45) is 2.98. The van der Waals surface area contributed by atoms with Crippen LogP contribution in [0.3, 0.4) is 0 Å². The number of rotatable bonds is 4. The third-order valence-electron chi connectivity index (χ3n) is 3.57. The number of benzene rings is 1. The average Bonchev–Trinajstić information content (AvgIpc) is 2.47. The van der Waals surface area contributed by atoms with E-state index in [1.165, 1.54) is 7.05 Å². The van der Waals surface area contributed by atoms with Crippen LogP contribution in [0.1, 0.15) is 19.3 Å². The van der Waals surface area contributed by atoms with Crippen LogP contribution in [0.5, 0.6) is 0 Å². The van der Waals surface area contributed by atoms with Crippen molar-refractivity contribution in [3.05, 3.63) is 24.3 Å². The second-order valence-electron chi connectivity index (χ2n) is 4.70. The van der Waals surface area contributed by atoms with Gasteiger partial charge in [0.25, 0.3) is 0 Å². The number of hydrogen-bond acceptors (Lipinski definition) is 4. The molecule has 0 aliphatic carbocycles. The van der Waals surface area contributed by atoms with E-state index in [1.807, 2.05) is 11.0 Å². The number of para-hydroxylation sites is 1. The monoisotopic (exact) mass is 284 g/mol. The van der Waals surface area contributed by atoms with Crippen molar-refractivity contribution in [3.63, 3.8) is 0 Å². The highest BCUT2D eigenvalue weighted by Gasteiger charge is 2.26. The first-order valence-electron chi connectivity index (χ1n) is 6.50. The molecule has 0 saturated carbocycles. The molecule has 1 aliphatic heterocycles. The van der Waals surface area contributed by atoms with E-state index in [-0.39, 0.29) is 17.5 Å². The van der Waals surface area contributed by atoms with E-state index in [0.717, 1.165) is 25.8 Å². The van der Waals surface area contributed by atoms with Crippen molar-refractivity contribution in [2.45, 2.75) is 30.2 Å². The molecule has 106 valence electrons. The fourth-order valence-electron chi connectivity index (χ4n) is 2.54. The largest absolute Gasteiger partial charge is 0.394 e. The molecule has 19 heavy (non-hydrogen) atoms. The van der Waals surface area contributed by atoms with Crippen LogP contribution in [-0.2, 0) is 10.0 Å². The second kappa shape index (κ2) is 5.90. The van der Waals surface area contributed by atoms with Gasteiger partial charge >= 0.3 is 0 Å². The van der Waals surface area contributed by atoms with Gasteiger partial charge in [0.2, 0.25) is 10.0 Å². The topological polar surface area (TPSA) is 69.6 Å². The number of aliphatic hydroxyl groups is 1. The van der Waals surface area contributed by atoms with Crippen molar-refractivity contribution >= 4 is 15.7 Å². The Hall–Kier alpha value is -1.11. The molecule has 6 heteroatoms. The van der Waals surface area contributed by atoms with E-state index >= 15 is 0 Å². The molecule has 0 bridgehead atoms. The molecular formula is C13H20N2O3S. The van der Waals surface area contributed by atoms with Crippen LogP contribution < -0.4 is 9.62 Å². The Kier molecular flexibility index (Phi) is 4.44. The van der Waals surface area contributed by atoms with E-state index in [2.05, 4.69) is 4.72 Å². The Morgan fingerprint density at radius 1 is 1.37 bits per heavy atom. The lowest BCUT2D eigenvalue weighted by molar-refractivity contribution is 0.239. The third-order valence-corrected chi connectivity index (χ3v) is 5.03. The minimum atomic E-state index is -3.48. The molecule has 0 aromatic heterocycles. The highest BCUT2D eigenvalue weighted by molar-refractivity contribution is 7.89. The van der Waals surface area contributed by atoms with Crippen LogP contribution in [0.2, 0.25) is 0 Å². The number of sulfonamides is 1. The van der Waals surface area contributed by atoms with Crippen molar-refractivity contribution < 1.29 is 13.5 Å². The molecule has 1 unspecified atom stereocenters. The molecule has 1 aliphatic rings. The Labute approximate surface area is 114 Å². The van der Waals surface area contributed by atoms with Crippen molar-refractivity contribution in [2.75, 3.05) is 25.1 Å². The molecule has 1 fully saturated rings. The summed E-state index contributed by atoms with van der Waals surface area (Å²) in [6.45, 7) is 0.829. The second-order valence-corrected chi connectivity index (χ2v) is 6.56. The maximum atomic E-state index is 12.1. The average molecular weight is 284 g/mol. The standard InChI is InChI=1S/C13H20N2O3S/c1-14-19(17,18)13-8-3-2-7-12(13)15-9-5-4-6-11(15)10-16/h2-3,7-8,11,14,16H,4-6,9-10H2,1H3. The first-order valence-corrected chi connectivity index (χ1v) is 7.98. The van der Waals surface area contributed by atoms with Crippen LogP contribution in [0.15, 0.2) is 29.2 Å². The SMILES string of the molecule is CNS(=O)(=O)c1ccccc1N1CCCCC1CO. The molecular weight excluding hydrogens is 264 g/mol. The minimum Gasteiger partial charge on any atom is -0.394 e. The van der Waals surface area contributed by atoms with Crippen LogP contribution in [0, 0.1) is 0 Å². The normalized spacial score (nSPS) is 20.5. The molecule has 1 aromatic rings. The Morgan fingerprint density at radius 3 is 2.79 bits per heavy atom. The lowest BCUT2D eigenvalue weighted by Crippen LogP contribution is -2.42. The third kappa shape index (κ3) is 2.91. The molecule has 2 rings (SSSR count). The Bertz CT molecular complexity index is 530. The summed E-state index contributed by atoms with van der Waals surface area (Å²) in [6, 6.07) is 6.95. The van der Waals surface area contributed by atoms with Gasteiger partial charge < -0.3 is 10.0 Å². The zero-order valence-corrected chi connectivity index (χ0v) is 11.9. The van der Waals surface area contributed by atoms with Gasteiger partial charge in [0, 0.05) is 6.54 Å².